The molecule has 0 aromatic carbocycles. The Hall–Kier alpha value is -1.36. The lowest BCUT2D eigenvalue weighted by molar-refractivity contribution is -0.121. The first-order valence-electron chi connectivity index (χ1n) is 4.55. The minimum Gasteiger partial charge on any atom is -0.381 e. The van der Waals surface area contributed by atoms with Crippen LogP contribution in [0.25, 0.3) is 0 Å². The second-order valence-electron chi connectivity index (χ2n) is 3.48. The van der Waals surface area contributed by atoms with Crippen molar-refractivity contribution in [3.63, 3.8) is 0 Å². The molecule has 2 rings (SSSR count). The van der Waals surface area contributed by atoms with Gasteiger partial charge in [-0.25, -0.2) is 0 Å². The number of ether oxygens (including phenoxy) is 1. The first kappa shape index (κ1) is 9.21. The number of aryl methyl sites for hydroxylation is 1. The van der Waals surface area contributed by atoms with E-state index >= 15 is 0 Å². The van der Waals surface area contributed by atoms with Crippen molar-refractivity contribution >= 4 is 11.7 Å². The van der Waals surface area contributed by atoms with Gasteiger partial charge < -0.3 is 14.6 Å². The molecule has 0 unspecified atom stereocenters. The van der Waals surface area contributed by atoms with E-state index < -0.39 is 0 Å². The number of hydrogen-bond donors (Lipinski definition) is 1. The standard InChI is InChI=1S/C9H12N2O3/c1-6-2-8(11-14-6)10-9(12)3-7-4-13-5-7/h2,7H,3-5H2,1H3,(H,10,11,12). The summed E-state index contributed by atoms with van der Waals surface area (Å²) in [6.45, 7) is 3.15. The Morgan fingerprint density at radius 2 is 2.50 bits per heavy atom. The van der Waals surface area contributed by atoms with Crippen LogP contribution in [-0.2, 0) is 9.53 Å². The van der Waals surface area contributed by atoms with Crippen molar-refractivity contribution in [2.45, 2.75) is 13.3 Å². The molecule has 5 heteroatoms. The molecule has 1 aliphatic heterocycles. The Bertz CT molecular complexity index is 331. The van der Waals surface area contributed by atoms with Crippen LogP contribution in [0.3, 0.4) is 0 Å². The zero-order chi connectivity index (χ0) is 9.97. The maximum absolute atomic E-state index is 11.4. The number of carbonyl (C=O) groups is 1. The van der Waals surface area contributed by atoms with Crippen LogP contribution in [0, 0.1) is 12.8 Å². The van der Waals surface area contributed by atoms with Crippen molar-refractivity contribution in [1.29, 1.82) is 0 Å². The third-order valence-electron chi connectivity index (χ3n) is 2.08. The van der Waals surface area contributed by atoms with Gasteiger partial charge in [-0.1, -0.05) is 5.16 Å². The fourth-order valence-corrected chi connectivity index (χ4v) is 1.28. The lowest BCUT2D eigenvalue weighted by Gasteiger charge is -2.24. The van der Waals surface area contributed by atoms with Crippen molar-refractivity contribution < 1.29 is 14.1 Å². The topological polar surface area (TPSA) is 64.4 Å². The number of carbonyl (C=O) groups excluding carboxylic acids is 1. The zero-order valence-corrected chi connectivity index (χ0v) is 7.95. The van der Waals surface area contributed by atoms with Crippen molar-refractivity contribution in [3.8, 4) is 0 Å². The number of rotatable bonds is 3. The van der Waals surface area contributed by atoms with Crippen LogP contribution in [0.15, 0.2) is 10.6 Å². The van der Waals surface area contributed by atoms with Gasteiger partial charge in [0.15, 0.2) is 5.82 Å². The Balaban J connectivity index is 1.81. The average Bonchev–Trinajstić information content (AvgIpc) is 2.44. The van der Waals surface area contributed by atoms with Gasteiger partial charge in [-0.15, -0.1) is 0 Å². The number of nitrogens with one attached hydrogen (secondary N) is 1. The quantitative estimate of drug-likeness (QED) is 0.782. The molecular formula is C9H12N2O3. The third-order valence-corrected chi connectivity index (χ3v) is 2.08. The van der Waals surface area contributed by atoms with E-state index in [4.69, 9.17) is 9.26 Å². The van der Waals surface area contributed by atoms with E-state index in [0.29, 0.717) is 37.1 Å². The molecule has 1 aliphatic rings. The van der Waals surface area contributed by atoms with Crippen molar-refractivity contribution in [3.05, 3.63) is 11.8 Å². The summed E-state index contributed by atoms with van der Waals surface area (Å²) in [7, 11) is 0. The van der Waals surface area contributed by atoms with Gasteiger partial charge in [-0.2, -0.15) is 0 Å². The van der Waals surface area contributed by atoms with Crippen LogP contribution in [-0.4, -0.2) is 24.3 Å². The molecule has 0 saturated carbocycles. The van der Waals surface area contributed by atoms with E-state index in [9.17, 15) is 4.79 Å². The highest BCUT2D eigenvalue weighted by atomic mass is 16.5. The molecule has 0 radical (unpaired) electrons. The smallest absolute Gasteiger partial charge is 0.226 e. The minimum absolute atomic E-state index is 0.0356. The highest BCUT2D eigenvalue weighted by Crippen LogP contribution is 2.15. The van der Waals surface area contributed by atoms with Gasteiger partial charge in [-0.3, -0.25) is 4.79 Å². The van der Waals surface area contributed by atoms with E-state index in [1.54, 1.807) is 13.0 Å². The molecule has 14 heavy (non-hydrogen) atoms. The highest BCUT2D eigenvalue weighted by molar-refractivity contribution is 5.89. The largest absolute Gasteiger partial charge is 0.381 e. The molecular weight excluding hydrogens is 184 g/mol. The predicted octanol–water partition coefficient (Wildman–Crippen LogP) is 0.958. The minimum atomic E-state index is -0.0356. The normalized spacial score (nSPS) is 16.4. The van der Waals surface area contributed by atoms with E-state index in [1.165, 1.54) is 0 Å². The lowest BCUT2D eigenvalue weighted by atomic mass is 10.0. The zero-order valence-electron chi connectivity index (χ0n) is 7.95. The molecule has 2 heterocycles. The highest BCUT2D eigenvalue weighted by Gasteiger charge is 2.21. The summed E-state index contributed by atoms with van der Waals surface area (Å²) >= 11 is 0. The van der Waals surface area contributed by atoms with Crippen LogP contribution in [0.2, 0.25) is 0 Å². The third kappa shape index (κ3) is 2.11. The Morgan fingerprint density at radius 1 is 1.71 bits per heavy atom. The Labute approximate surface area is 81.4 Å². The molecule has 1 aromatic heterocycles. The Kier molecular flexibility index (Phi) is 2.49. The van der Waals surface area contributed by atoms with Gasteiger partial charge in [0, 0.05) is 18.4 Å². The molecule has 0 aliphatic carbocycles. The molecule has 0 spiro atoms. The van der Waals surface area contributed by atoms with Gasteiger partial charge in [0.2, 0.25) is 5.91 Å². The second-order valence-corrected chi connectivity index (χ2v) is 3.48. The number of amides is 1. The molecule has 5 nitrogen and oxygen atoms in total. The molecule has 1 N–H and O–H groups in total. The summed E-state index contributed by atoms with van der Waals surface area (Å²) in [5.41, 5.74) is 0. The van der Waals surface area contributed by atoms with Gasteiger partial charge in [0.1, 0.15) is 5.76 Å². The first-order chi connectivity index (χ1) is 6.74. The van der Waals surface area contributed by atoms with E-state index in [2.05, 4.69) is 10.5 Å². The van der Waals surface area contributed by atoms with Crippen LogP contribution in [0.5, 0.6) is 0 Å². The van der Waals surface area contributed by atoms with Gasteiger partial charge in [0.05, 0.1) is 13.2 Å². The fraction of sp³-hybridized carbons (Fsp3) is 0.556. The summed E-state index contributed by atoms with van der Waals surface area (Å²) in [5, 5.41) is 6.33. The van der Waals surface area contributed by atoms with Crippen LogP contribution in [0.4, 0.5) is 5.82 Å². The lowest BCUT2D eigenvalue weighted by Crippen LogP contribution is -2.31. The summed E-state index contributed by atoms with van der Waals surface area (Å²) < 4.78 is 9.80. The van der Waals surface area contributed by atoms with E-state index in [1.807, 2.05) is 0 Å². The average molecular weight is 196 g/mol. The maximum atomic E-state index is 11.4. The Morgan fingerprint density at radius 3 is 3.00 bits per heavy atom. The number of aromatic nitrogens is 1. The molecule has 0 atom stereocenters. The summed E-state index contributed by atoms with van der Waals surface area (Å²) in [4.78, 5) is 11.4. The van der Waals surface area contributed by atoms with Crippen molar-refractivity contribution in [2.75, 3.05) is 18.5 Å². The van der Waals surface area contributed by atoms with E-state index in [0.717, 1.165) is 0 Å². The van der Waals surface area contributed by atoms with Crippen molar-refractivity contribution in [1.82, 2.24) is 5.16 Å². The maximum Gasteiger partial charge on any atom is 0.226 e. The van der Waals surface area contributed by atoms with Crippen LogP contribution >= 0.6 is 0 Å². The van der Waals surface area contributed by atoms with Gasteiger partial charge in [0.25, 0.3) is 0 Å². The molecule has 1 saturated heterocycles. The molecule has 76 valence electrons. The SMILES string of the molecule is Cc1cc(NC(=O)CC2COC2)no1. The summed E-state index contributed by atoms with van der Waals surface area (Å²) in [6.07, 6.45) is 0.492. The monoisotopic (exact) mass is 196 g/mol. The van der Waals surface area contributed by atoms with Gasteiger partial charge >= 0.3 is 0 Å². The van der Waals surface area contributed by atoms with Crippen LogP contribution in [0.1, 0.15) is 12.2 Å². The number of nitrogens with zero attached hydrogens (tertiary/aromatic N) is 1. The fourth-order valence-electron chi connectivity index (χ4n) is 1.28. The van der Waals surface area contributed by atoms with Crippen molar-refractivity contribution in [2.24, 2.45) is 5.92 Å². The first-order valence-corrected chi connectivity index (χ1v) is 4.55. The molecule has 0 bridgehead atoms. The van der Waals surface area contributed by atoms with E-state index in [-0.39, 0.29) is 5.91 Å². The predicted molar refractivity (Wildman–Crippen MR) is 48.8 cm³/mol. The van der Waals surface area contributed by atoms with Crippen LogP contribution < -0.4 is 5.32 Å². The molecule has 1 aromatic rings. The number of anilines is 1. The second kappa shape index (κ2) is 3.79. The molecule has 1 fully saturated rings. The van der Waals surface area contributed by atoms with Gasteiger partial charge in [-0.05, 0) is 6.92 Å². The summed E-state index contributed by atoms with van der Waals surface area (Å²) in [5.74, 6) is 1.50. The molecule has 1 amide bonds. The summed E-state index contributed by atoms with van der Waals surface area (Å²) in [6, 6.07) is 1.69. The number of hydrogen-bond acceptors (Lipinski definition) is 4.